The standard InChI is InChI=1S/C7H9ClO4/c1-5(9)11-3-7(8)4-12-6(2)10/h3H,4H2,1-2H3. The largest absolute Gasteiger partial charge is 0.460 e. The summed E-state index contributed by atoms with van der Waals surface area (Å²) in [5.41, 5.74) is 0. The molecule has 12 heavy (non-hydrogen) atoms. The van der Waals surface area contributed by atoms with Crippen LogP contribution in [-0.2, 0) is 19.1 Å². The van der Waals surface area contributed by atoms with Crippen molar-refractivity contribution in [3.05, 3.63) is 11.3 Å². The molecule has 0 aromatic heterocycles. The summed E-state index contributed by atoms with van der Waals surface area (Å²) >= 11 is 5.48. The molecule has 0 atom stereocenters. The van der Waals surface area contributed by atoms with Crippen LogP contribution in [0, 0.1) is 0 Å². The molecule has 0 N–H and O–H groups in total. The predicted octanol–water partition coefficient (Wildman–Crippen LogP) is 1.19. The van der Waals surface area contributed by atoms with Crippen molar-refractivity contribution in [3.63, 3.8) is 0 Å². The molecule has 0 bridgehead atoms. The Labute approximate surface area is 75.1 Å². The third-order valence-corrected chi connectivity index (χ3v) is 0.964. The van der Waals surface area contributed by atoms with E-state index in [9.17, 15) is 9.59 Å². The molecule has 0 saturated carbocycles. The van der Waals surface area contributed by atoms with Crippen molar-refractivity contribution in [1.29, 1.82) is 0 Å². The first-order valence-electron chi connectivity index (χ1n) is 3.17. The van der Waals surface area contributed by atoms with Gasteiger partial charge in [0.15, 0.2) is 0 Å². The van der Waals surface area contributed by atoms with Gasteiger partial charge in [-0.2, -0.15) is 0 Å². The van der Waals surface area contributed by atoms with E-state index in [1.54, 1.807) is 0 Å². The molecule has 0 aliphatic heterocycles. The molecule has 5 heteroatoms. The average molecular weight is 193 g/mol. The first-order valence-corrected chi connectivity index (χ1v) is 3.55. The maximum Gasteiger partial charge on any atom is 0.307 e. The summed E-state index contributed by atoms with van der Waals surface area (Å²) in [6.07, 6.45) is 1.03. The predicted molar refractivity (Wildman–Crippen MR) is 42.3 cm³/mol. The van der Waals surface area contributed by atoms with Crippen molar-refractivity contribution in [2.75, 3.05) is 6.61 Å². The van der Waals surface area contributed by atoms with E-state index in [1.807, 2.05) is 0 Å². The Morgan fingerprint density at radius 3 is 2.33 bits per heavy atom. The molecular weight excluding hydrogens is 184 g/mol. The van der Waals surface area contributed by atoms with Crippen molar-refractivity contribution in [2.24, 2.45) is 0 Å². The Kier molecular flexibility index (Phi) is 5.12. The van der Waals surface area contributed by atoms with Crippen molar-refractivity contribution < 1.29 is 19.1 Å². The monoisotopic (exact) mass is 192 g/mol. The van der Waals surface area contributed by atoms with Gasteiger partial charge in [-0.05, 0) is 0 Å². The third-order valence-electron chi connectivity index (χ3n) is 0.766. The summed E-state index contributed by atoms with van der Waals surface area (Å²) in [4.78, 5) is 20.5. The van der Waals surface area contributed by atoms with Crippen LogP contribution in [0.2, 0.25) is 0 Å². The fourth-order valence-corrected chi connectivity index (χ4v) is 0.451. The highest BCUT2D eigenvalue weighted by Crippen LogP contribution is 2.02. The maximum atomic E-state index is 10.3. The first-order chi connectivity index (χ1) is 5.52. The summed E-state index contributed by atoms with van der Waals surface area (Å²) in [6.45, 7) is 2.42. The van der Waals surface area contributed by atoms with E-state index in [-0.39, 0.29) is 11.6 Å². The molecule has 0 rings (SSSR count). The molecule has 0 aliphatic carbocycles. The molecule has 0 aromatic rings. The zero-order valence-electron chi connectivity index (χ0n) is 6.80. The molecule has 0 aliphatic rings. The number of rotatable bonds is 3. The Balaban J connectivity index is 3.70. The van der Waals surface area contributed by atoms with E-state index < -0.39 is 11.9 Å². The quantitative estimate of drug-likeness (QED) is 0.498. The number of hydrogen-bond donors (Lipinski definition) is 0. The fraction of sp³-hybridized carbons (Fsp3) is 0.429. The molecular formula is C7H9ClO4. The minimum Gasteiger partial charge on any atom is -0.460 e. The van der Waals surface area contributed by atoms with E-state index in [0.29, 0.717) is 0 Å². The number of carbonyl (C=O) groups is 2. The summed E-state index contributed by atoms with van der Waals surface area (Å²) < 4.78 is 8.92. The van der Waals surface area contributed by atoms with Gasteiger partial charge in [-0.3, -0.25) is 9.59 Å². The number of ether oxygens (including phenoxy) is 2. The fourth-order valence-electron chi connectivity index (χ4n) is 0.352. The van der Waals surface area contributed by atoms with E-state index >= 15 is 0 Å². The van der Waals surface area contributed by atoms with Crippen molar-refractivity contribution in [3.8, 4) is 0 Å². The Morgan fingerprint density at radius 2 is 1.92 bits per heavy atom. The Hall–Kier alpha value is -1.03. The molecule has 0 unspecified atom stereocenters. The number of hydrogen-bond acceptors (Lipinski definition) is 4. The van der Waals surface area contributed by atoms with Crippen molar-refractivity contribution in [1.82, 2.24) is 0 Å². The smallest absolute Gasteiger partial charge is 0.307 e. The number of carbonyl (C=O) groups excluding carboxylic acids is 2. The van der Waals surface area contributed by atoms with Crippen LogP contribution in [0.3, 0.4) is 0 Å². The van der Waals surface area contributed by atoms with Crippen LogP contribution < -0.4 is 0 Å². The minimum absolute atomic E-state index is 0.0792. The SMILES string of the molecule is CC(=O)OC=C(Cl)COC(C)=O. The lowest BCUT2D eigenvalue weighted by molar-refractivity contribution is -0.139. The molecule has 68 valence electrons. The van der Waals surface area contributed by atoms with Gasteiger partial charge in [0.1, 0.15) is 12.9 Å². The second kappa shape index (κ2) is 5.60. The van der Waals surface area contributed by atoms with Crippen LogP contribution >= 0.6 is 11.6 Å². The average Bonchev–Trinajstić information content (AvgIpc) is 1.96. The van der Waals surface area contributed by atoms with Crippen molar-refractivity contribution >= 4 is 23.5 Å². The molecule has 0 heterocycles. The molecule has 0 spiro atoms. The molecule has 0 saturated heterocycles. The summed E-state index contributed by atoms with van der Waals surface area (Å²) in [5, 5.41) is 0.153. The van der Waals surface area contributed by atoms with E-state index in [0.717, 1.165) is 6.26 Å². The second-order valence-electron chi connectivity index (χ2n) is 1.95. The topological polar surface area (TPSA) is 52.6 Å². The lowest BCUT2D eigenvalue weighted by Crippen LogP contribution is -2.01. The lowest BCUT2D eigenvalue weighted by Gasteiger charge is -1.99. The lowest BCUT2D eigenvalue weighted by atomic mass is 10.6. The maximum absolute atomic E-state index is 10.3. The van der Waals surface area contributed by atoms with E-state index in [4.69, 9.17) is 11.6 Å². The van der Waals surface area contributed by atoms with Gasteiger partial charge in [-0.1, -0.05) is 11.6 Å². The van der Waals surface area contributed by atoms with Gasteiger partial charge in [0.05, 0.1) is 5.03 Å². The third kappa shape index (κ3) is 7.08. The minimum atomic E-state index is -0.476. The van der Waals surface area contributed by atoms with Gasteiger partial charge in [-0.15, -0.1) is 0 Å². The van der Waals surface area contributed by atoms with Gasteiger partial charge in [0.25, 0.3) is 0 Å². The normalized spacial score (nSPS) is 10.8. The van der Waals surface area contributed by atoms with Gasteiger partial charge in [0.2, 0.25) is 0 Å². The molecule has 0 amide bonds. The summed E-state index contributed by atoms with van der Waals surface area (Å²) in [7, 11) is 0. The van der Waals surface area contributed by atoms with Crippen LogP contribution in [0.15, 0.2) is 11.3 Å². The van der Waals surface area contributed by atoms with Crippen LogP contribution in [-0.4, -0.2) is 18.5 Å². The molecule has 0 fully saturated rings. The van der Waals surface area contributed by atoms with Crippen LogP contribution in [0.1, 0.15) is 13.8 Å². The van der Waals surface area contributed by atoms with Crippen LogP contribution in [0.25, 0.3) is 0 Å². The second-order valence-corrected chi connectivity index (χ2v) is 2.44. The van der Waals surface area contributed by atoms with E-state index in [2.05, 4.69) is 9.47 Å². The molecule has 0 radical (unpaired) electrons. The number of halogens is 1. The highest BCUT2D eigenvalue weighted by atomic mass is 35.5. The zero-order chi connectivity index (χ0) is 9.56. The highest BCUT2D eigenvalue weighted by Gasteiger charge is 1.97. The van der Waals surface area contributed by atoms with Crippen LogP contribution in [0.5, 0.6) is 0 Å². The molecule has 4 nitrogen and oxygen atoms in total. The Morgan fingerprint density at radius 1 is 1.33 bits per heavy atom. The summed E-state index contributed by atoms with van der Waals surface area (Å²) in [5.74, 6) is -0.916. The van der Waals surface area contributed by atoms with Gasteiger partial charge >= 0.3 is 11.9 Å². The zero-order valence-corrected chi connectivity index (χ0v) is 7.55. The molecule has 0 aromatic carbocycles. The van der Waals surface area contributed by atoms with Gasteiger partial charge < -0.3 is 9.47 Å². The highest BCUT2D eigenvalue weighted by molar-refractivity contribution is 6.29. The first kappa shape index (κ1) is 11.0. The van der Waals surface area contributed by atoms with Gasteiger partial charge in [-0.25, -0.2) is 0 Å². The van der Waals surface area contributed by atoms with Gasteiger partial charge in [0, 0.05) is 13.8 Å². The number of esters is 2. The summed E-state index contributed by atoms with van der Waals surface area (Å²) in [6, 6.07) is 0. The van der Waals surface area contributed by atoms with Crippen LogP contribution in [0.4, 0.5) is 0 Å². The Bertz CT molecular complexity index is 209. The van der Waals surface area contributed by atoms with Crippen molar-refractivity contribution in [2.45, 2.75) is 13.8 Å². The van der Waals surface area contributed by atoms with E-state index in [1.165, 1.54) is 13.8 Å².